The number of benzene rings is 3. The monoisotopic (exact) mass is 742 g/mol. The fraction of sp³-hybridized carbons (Fsp3) is 0.302. The molecule has 12 heteroatoms. The summed E-state index contributed by atoms with van der Waals surface area (Å²) >= 11 is 0. The van der Waals surface area contributed by atoms with Gasteiger partial charge in [0, 0.05) is 5.70 Å². The van der Waals surface area contributed by atoms with Crippen LogP contribution in [-0.4, -0.2) is 88.6 Å². The van der Waals surface area contributed by atoms with Gasteiger partial charge in [0.1, 0.15) is 24.0 Å². The summed E-state index contributed by atoms with van der Waals surface area (Å²) in [6, 6.07) is 26.9. The van der Waals surface area contributed by atoms with Gasteiger partial charge in [0.05, 0.1) is 47.6 Å². The van der Waals surface area contributed by atoms with Crippen LogP contribution in [0, 0.1) is 0 Å². The van der Waals surface area contributed by atoms with Crippen LogP contribution in [0.5, 0.6) is 0 Å². The van der Waals surface area contributed by atoms with Gasteiger partial charge in [0.25, 0.3) is 0 Å². The second kappa shape index (κ2) is 19.0. The van der Waals surface area contributed by atoms with Gasteiger partial charge >= 0.3 is 0 Å². The number of nitrogens with zero attached hydrogens (tertiary/aromatic N) is 5. The molecular weight excluding hydrogens is 689 g/mol. The molecule has 0 spiro atoms. The van der Waals surface area contributed by atoms with E-state index in [1.165, 1.54) is 6.42 Å². The van der Waals surface area contributed by atoms with Gasteiger partial charge in [-0.25, -0.2) is 9.97 Å². The number of aromatic amines is 2. The Bertz CT molecular complexity index is 2030. The average Bonchev–Trinajstić information content (AvgIpc) is 3.97. The minimum atomic E-state index is -0.398. The molecule has 1 saturated heterocycles. The maximum Gasteiger partial charge on any atom is 0.242 e. The number of carbonyl (C=O) groups is 2. The van der Waals surface area contributed by atoms with Crippen LogP contribution in [0.4, 0.5) is 0 Å². The van der Waals surface area contributed by atoms with E-state index in [0.29, 0.717) is 23.3 Å². The van der Waals surface area contributed by atoms with E-state index in [2.05, 4.69) is 37.2 Å². The highest BCUT2D eigenvalue weighted by Crippen LogP contribution is 2.29. The lowest BCUT2D eigenvalue weighted by Gasteiger charge is -2.25. The SMILES string of the molecule is CN(C)[C@@H](C=O)c1ccccc1.C[C@H](NC(=O)[C@@H](c1ccccc1)N(C)C)c1ncc(-c2ccc(/C(N)=C/C=C(\N)c3cnc([C@@H]4CCCN4C)[nH]3)cc2)[nH]1. The number of hydrogen-bond donors (Lipinski definition) is 5. The second-order valence-corrected chi connectivity index (χ2v) is 14.3. The molecule has 6 rings (SSSR count). The van der Waals surface area contributed by atoms with E-state index in [1.54, 1.807) is 18.5 Å². The summed E-state index contributed by atoms with van der Waals surface area (Å²) in [7, 11) is 9.70. The number of hydrogen-bond acceptors (Lipinski definition) is 9. The molecule has 0 bridgehead atoms. The average molecular weight is 743 g/mol. The standard InChI is InChI=1S/C33H41N9O.C10H13NO/c1-21(38-33(43)30(41(2)3)24-9-6-5-7-10-24)31-36-19-27(39-31)23-14-12-22(13-15-23)25(34)16-17-26(35)28-20-37-32(40-28)29-11-8-18-42(29)4;1-11(2)10(8-12)9-6-4-3-5-7-9/h5-7,9-10,12-17,19-21,29-30H,8,11,18,34-35H2,1-4H3,(H,36,39)(H,37,40)(H,38,43);3-8,10H,1-2H3/b25-16-,26-17-;/t21-,29-,30+;10-/m00/s1. The number of rotatable bonds is 13. The normalized spacial score (nSPS) is 16.7. The Kier molecular flexibility index (Phi) is 13.9. The van der Waals surface area contributed by atoms with Crippen molar-refractivity contribution in [3.05, 3.63) is 144 Å². The Hall–Kier alpha value is -5.82. The molecule has 1 fully saturated rings. The Morgan fingerprint density at radius 3 is 2.07 bits per heavy atom. The second-order valence-electron chi connectivity index (χ2n) is 14.3. The van der Waals surface area contributed by atoms with Crippen molar-refractivity contribution in [2.75, 3.05) is 41.8 Å². The number of nitrogens with two attached hydrogens (primary N) is 2. The number of amides is 1. The van der Waals surface area contributed by atoms with Crippen molar-refractivity contribution in [2.24, 2.45) is 11.5 Å². The Morgan fingerprint density at radius 1 is 0.855 bits per heavy atom. The molecule has 5 aromatic rings. The molecule has 1 aliphatic rings. The van der Waals surface area contributed by atoms with Gasteiger partial charge in [-0.05, 0) is 96.0 Å². The number of imidazole rings is 2. The highest BCUT2D eigenvalue weighted by Gasteiger charge is 2.26. The van der Waals surface area contributed by atoms with Crippen LogP contribution in [-0.2, 0) is 9.59 Å². The third kappa shape index (κ3) is 10.4. The van der Waals surface area contributed by atoms with Crippen molar-refractivity contribution in [1.29, 1.82) is 0 Å². The van der Waals surface area contributed by atoms with Crippen molar-refractivity contribution in [3.63, 3.8) is 0 Å². The number of likely N-dealkylation sites (tertiary alicyclic amines) is 1. The number of H-pyrrole nitrogens is 2. The number of aldehydes is 1. The first-order chi connectivity index (χ1) is 26.5. The lowest BCUT2D eigenvalue weighted by atomic mass is 10.0. The Morgan fingerprint density at radius 2 is 1.49 bits per heavy atom. The number of nitrogens with one attached hydrogen (secondary N) is 3. The first-order valence-corrected chi connectivity index (χ1v) is 18.5. The van der Waals surface area contributed by atoms with Crippen molar-refractivity contribution in [1.82, 2.24) is 40.0 Å². The molecule has 4 atom stereocenters. The molecule has 288 valence electrons. The van der Waals surface area contributed by atoms with Gasteiger partial charge in [0.15, 0.2) is 0 Å². The van der Waals surface area contributed by atoms with Crippen LogP contribution in [0.15, 0.2) is 109 Å². The summed E-state index contributed by atoms with van der Waals surface area (Å²) < 4.78 is 0. The van der Waals surface area contributed by atoms with E-state index >= 15 is 0 Å². The third-order valence-electron chi connectivity index (χ3n) is 9.79. The molecule has 7 N–H and O–H groups in total. The molecule has 12 nitrogen and oxygen atoms in total. The van der Waals surface area contributed by atoms with E-state index < -0.39 is 6.04 Å². The summed E-state index contributed by atoms with van der Waals surface area (Å²) in [5.41, 5.74) is 19.3. The largest absolute Gasteiger partial charge is 0.398 e. The molecule has 1 aliphatic heterocycles. The van der Waals surface area contributed by atoms with Gasteiger partial charge in [0.2, 0.25) is 5.91 Å². The zero-order valence-electron chi connectivity index (χ0n) is 32.6. The minimum Gasteiger partial charge on any atom is -0.398 e. The molecule has 0 unspecified atom stereocenters. The van der Waals surface area contributed by atoms with Gasteiger partial charge in [-0.15, -0.1) is 0 Å². The first-order valence-electron chi connectivity index (χ1n) is 18.5. The topological polar surface area (TPSA) is 165 Å². The highest BCUT2D eigenvalue weighted by molar-refractivity contribution is 5.83. The fourth-order valence-corrected chi connectivity index (χ4v) is 6.65. The van der Waals surface area contributed by atoms with E-state index in [-0.39, 0.29) is 18.0 Å². The predicted octanol–water partition coefficient (Wildman–Crippen LogP) is 5.83. The van der Waals surface area contributed by atoms with Crippen molar-refractivity contribution in [2.45, 2.75) is 43.9 Å². The molecule has 55 heavy (non-hydrogen) atoms. The zero-order valence-corrected chi connectivity index (χ0v) is 32.6. The lowest BCUT2D eigenvalue weighted by Crippen LogP contribution is -2.38. The van der Waals surface area contributed by atoms with E-state index in [1.807, 2.05) is 136 Å². The van der Waals surface area contributed by atoms with Gasteiger partial charge in [-0.2, -0.15) is 0 Å². The molecular formula is C43H54N10O2. The molecule has 3 aromatic carbocycles. The Labute approximate surface area is 324 Å². The zero-order chi connectivity index (χ0) is 39.5. The van der Waals surface area contributed by atoms with Crippen LogP contribution in [0.3, 0.4) is 0 Å². The molecule has 3 heterocycles. The molecule has 0 saturated carbocycles. The summed E-state index contributed by atoms with van der Waals surface area (Å²) in [4.78, 5) is 45.8. The van der Waals surface area contributed by atoms with Crippen LogP contribution in [0.2, 0.25) is 0 Å². The van der Waals surface area contributed by atoms with Gasteiger partial charge in [-0.1, -0.05) is 84.9 Å². The third-order valence-corrected chi connectivity index (χ3v) is 9.79. The van der Waals surface area contributed by atoms with E-state index in [0.717, 1.165) is 58.7 Å². The minimum absolute atomic E-state index is 0.0858. The van der Waals surface area contributed by atoms with Crippen LogP contribution in [0.25, 0.3) is 22.7 Å². The number of carbonyl (C=O) groups excluding carboxylic acids is 2. The predicted molar refractivity (Wildman–Crippen MR) is 220 cm³/mol. The molecule has 0 radical (unpaired) electrons. The maximum atomic E-state index is 13.2. The van der Waals surface area contributed by atoms with Gasteiger partial charge in [-0.3, -0.25) is 19.5 Å². The molecule has 0 aliphatic carbocycles. The maximum absolute atomic E-state index is 13.2. The molecule has 2 aromatic heterocycles. The highest BCUT2D eigenvalue weighted by atomic mass is 16.2. The summed E-state index contributed by atoms with van der Waals surface area (Å²) in [6.45, 7) is 3.00. The van der Waals surface area contributed by atoms with Gasteiger partial charge < -0.3 is 31.5 Å². The fourth-order valence-electron chi connectivity index (χ4n) is 6.65. The smallest absolute Gasteiger partial charge is 0.242 e. The quantitative estimate of drug-likeness (QED) is 0.0737. The van der Waals surface area contributed by atoms with Crippen LogP contribution < -0.4 is 16.8 Å². The van der Waals surface area contributed by atoms with Crippen molar-refractivity contribution in [3.8, 4) is 11.3 Å². The van der Waals surface area contributed by atoms with Crippen LogP contribution in [0.1, 0.15) is 78.0 Å². The number of likely N-dealkylation sites (N-methyl/N-ethyl adjacent to an activating group) is 2. The Balaban J connectivity index is 0.000000413. The van der Waals surface area contributed by atoms with Crippen LogP contribution >= 0.6 is 0 Å². The van der Waals surface area contributed by atoms with Crippen molar-refractivity contribution >= 4 is 23.6 Å². The summed E-state index contributed by atoms with van der Waals surface area (Å²) in [5.74, 6) is 1.54. The number of aromatic nitrogens is 4. The van der Waals surface area contributed by atoms with Crippen molar-refractivity contribution < 1.29 is 9.59 Å². The van der Waals surface area contributed by atoms with E-state index in [4.69, 9.17) is 11.5 Å². The molecule has 1 amide bonds. The lowest BCUT2D eigenvalue weighted by molar-refractivity contribution is -0.126. The number of allylic oxidation sites excluding steroid dienone is 2. The first kappa shape index (κ1) is 40.4. The summed E-state index contributed by atoms with van der Waals surface area (Å²) in [5, 5.41) is 3.09. The summed E-state index contributed by atoms with van der Waals surface area (Å²) in [6.07, 6.45) is 10.4. The van der Waals surface area contributed by atoms with E-state index in [9.17, 15) is 9.59 Å².